The van der Waals surface area contributed by atoms with Crippen LogP contribution in [0.5, 0.6) is 5.75 Å². The van der Waals surface area contributed by atoms with Crippen molar-refractivity contribution in [1.82, 2.24) is 0 Å². The number of hydrogen-bond acceptors (Lipinski definition) is 3. The van der Waals surface area contributed by atoms with E-state index < -0.39 is 5.97 Å². The van der Waals surface area contributed by atoms with E-state index in [2.05, 4.69) is 0 Å². The molecular weight excluding hydrogens is 184 g/mol. The van der Waals surface area contributed by atoms with Crippen molar-refractivity contribution in [2.24, 2.45) is 0 Å². The van der Waals surface area contributed by atoms with Crippen LogP contribution in [0.2, 0.25) is 0 Å². The number of hydrogen-bond donors (Lipinski definition) is 1. The van der Waals surface area contributed by atoms with Crippen molar-refractivity contribution in [1.29, 1.82) is 0 Å². The van der Waals surface area contributed by atoms with E-state index >= 15 is 0 Å². The fourth-order valence-corrected chi connectivity index (χ4v) is 0.879. The summed E-state index contributed by atoms with van der Waals surface area (Å²) in [7, 11) is 0. The van der Waals surface area contributed by atoms with Gasteiger partial charge in [0.25, 0.3) is 0 Å². The zero-order chi connectivity index (χ0) is 10.6. The maximum atomic E-state index is 10.6. The van der Waals surface area contributed by atoms with Crippen LogP contribution >= 0.6 is 0 Å². The first kappa shape index (κ1) is 10.2. The Morgan fingerprint density at radius 2 is 1.86 bits per heavy atom. The largest absolute Gasteiger partial charge is 0.486 e. The molecule has 0 heterocycles. The van der Waals surface area contributed by atoms with Gasteiger partial charge in [-0.25, -0.2) is 4.79 Å². The second-order valence-corrected chi connectivity index (χ2v) is 2.82. The molecule has 0 aliphatic carbocycles. The fraction of sp³-hybridized carbons (Fsp3) is 0.200. The second kappa shape index (κ2) is 4.41. The molecule has 0 saturated heterocycles. The van der Waals surface area contributed by atoms with Crippen LogP contribution in [0.4, 0.5) is 0 Å². The second-order valence-electron chi connectivity index (χ2n) is 2.82. The van der Waals surface area contributed by atoms with Gasteiger partial charge in [-0.2, -0.15) is 0 Å². The number of carboxylic acids is 1. The average Bonchev–Trinajstić information content (AvgIpc) is 2.15. The van der Waals surface area contributed by atoms with E-state index in [0.717, 1.165) is 0 Å². The van der Waals surface area contributed by atoms with Gasteiger partial charge in [0.2, 0.25) is 0 Å². The minimum Gasteiger partial charge on any atom is -0.486 e. The highest BCUT2D eigenvalue weighted by Gasteiger charge is 2.02. The van der Waals surface area contributed by atoms with Crippen LogP contribution in [0, 0.1) is 0 Å². The van der Waals surface area contributed by atoms with Gasteiger partial charge in [-0.1, -0.05) is 0 Å². The number of Topliss-reactive ketones (excluding diaryl/α,β-unsaturated/α-hetero) is 1. The Bertz CT molecular complexity index is 340. The van der Waals surface area contributed by atoms with Crippen molar-refractivity contribution in [2.75, 3.05) is 6.61 Å². The first-order valence-corrected chi connectivity index (χ1v) is 4.05. The quantitative estimate of drug-likeness (QED) is 0.785. The van der Waals surface area contributed by atoms with Crippen molar-refractivity contribution < 1.29 is 19.4 Å². The summed E-state index contributed by atoms with van der Waals surface area (Å²) in [4.78, 5) is 21.1. The molecule has 14 heavy (non-hydrogen) atoms. The third-order valence-corrected chi connectivity index (χ3v) is 1.54. The van der Waals surface area contributed by atoms with E-state index in [1.165, 1.54) is 31.2 Å². The lowest BCUT2D eigenvalue weighted by atomic mass is 10.2. The van der Waals surface area contributed by atoms with E-state index in [-0.39, 0.29) is 18.0 Å². The molecule has 1 rings (SSSR count). The highest BCUT2D eigenvalue weighted by molar-refractivity contribution is 5.87. The molecule has 0 radical (unpaired) electrons. The molecule has 1 aromatic carbocycles. The molecule has 0 amide bonds. The van der Waals surface area contributed by atoms with Crippen LogP contribution in [-0.4, -0.2) is 23.5 Å². The van der Waals surface area contributed by atoms with Crippen LogP contribution < -0.4 is 4.74 Å². The van der Waals surface area contributed by atoms with Crippen LogP contribution in [0.1, 0.15) is 17.3 Å². The topological polar surface area (TPSA) is 63.6 Å². The van der Waals surface area contributed by atoms with Gasteiger partial charge in [0.15, 0.2) is 5.78 Å². The van der Waals surface area contributed by atoms with Crippen LogP contribution in [0.3, 0.4) is 0 Å². The molecule has 0 saturated carbocycles. The number of aromatic carboxylic acids is 1. The molecule has 1 aromatic rings. The lowest BCUT2D eigenvalue weighted by Crippen LogP contribution is -2.06. The minimum atomic E-state index is -0.983. The van der Waals surface area contributed by atoms with E-state index in [1.54, 1.807) is 0 Å². The van der Waals surface area contributed by atoms with E-state index in [4.69, 9.17) is 9.84 Å². The van der Waals surface area contributed by atoms with Gasteiger partial charge in [0.05, 0.1) is 5.56 Å². The molecule has 0 aromatic heterocycles. The monoisotopic (exact) mass is 194 g/mol. The Hall–Kier alpha value is -1.84. The SMILES string of the molecule is CC(=O)COc1ccc(C(=O)O)cc1. The average molecular weight is 194 g/mol. The lowest BCUT2D eigenvalue weighted by Gasteiger charge is -2.03. The third kappa shape index (κ3) is 2.90. The van der Waals surface area contributed by atoms with Gasteiger partial charge < -0.3 is 9.84 Å². The van der Waals surface area contributed by atoms with Crippen LogP contribution in [0.25, 0.3) is 0 Å². The highest BCUT2D eigenvalue weighted by atomic mass is 16.5. The number of benzene rings is 1. The van der Waals surface area contributed by atoms with Crippen LogP contribution in [0.15, 0.2) is 24.3 Å². The third-order valence-electron chi connectivity index (χ3n) is 1.54. The molecule has 0 aliphatic rings. The summed E-state index contributed by atoms with van der Waals surface area (Å²) in [6.07, 6.45) is 0. The molecule has 0 unspecified atom stereocenters. The zero-order valence-electron chi connectivity index (χ0n) is 7.69. The Morgan fingerprint density at radius 1 is 1.29 bits per heavy atom. The first-order valence-electron chi connectivity index (χ1n) is 4.05. The summed E-state index contributed by atoms with van der Waals surface area (Å²) < 4.78 is 5.06. The number of ether oxygens (including phenoxy) is 1. The normalized spacial score (nSPS) is 9.50. The maximum Gasteiger partial charge on any atom is 0.335 e. The van der Waals surface area contributed by atoms with E-state index in [0.29, 0.717) is 5.75 Å². The van der Waals surface area contributed by atoms with Gasteiger partial charge in [-0.15, -0.1) is 0 Å². The molecule has 1 N–H and O–H groups in total. The molecule has 74 valence electrons. The van der Waals surface area contributed by atoms with Gasteiger partial charge in [-0.3, -0.25) is 4.79 Å². The number of rotatable bonds is 4. The predicted molar refractivity (Wildman–Crippen MR) is 49.6 cm³/mol. The standard InChI is InChI=1S/C10H10O4/c1-7(11)6-14-9-4-2-8(3-5-9)10(12)13/h2-5H,6H2,1H3,(H,12,13). The summed E-state index contributed by atoms with van der Waals surface area (Å²) in [5.41, 5.74) is 0.195. The van der Waals surface area contributed by atoms with E-state index in [9.17, 15) is 9.59 Å². The summed E-state index contributed by atoms with van der Waals surface area (Å²) >= 11 is 0. The molecule has 4 heteroatoms. The Morgan fingerprint density at radius 3 is 2.29 bits per heavy atom. The summed E-state index contributed by atoms with van der Waals surface area (Å²) in [6.45, 7) is 1.43. The van der Waals surface area contributed by atoms with Gasteiger partial charge in [-0.05, 0) is 31.2 Å². The smallest absolute Gasteiger partial charge is 0.335 e. The van der Waals surface area contributed by atoms with Gasteiger partial charge in [0.1, 0.15) is 12.4 Å². The molecular formula is C10H10O4. The van der Waals surface area contributed by atoms with Gasteiger partial charge >= 0.3 is 5.97 Å². The minimum absolute atomic E-state index is 0.00637. The van der Waals surface area contributed by atoms with E-state index in [1.807, 2.05) is 0 Å². The summed E-state index contributed by atoms with van der Waals surface area (Å²) in [5, 5.41) is 8.60. The Kier molecular flexibility index (Phi) is 3.23. The summed E-state index contributed by atoms with van der Waals surface area (Å²) in [5.74, 6) is -0.569. The Labute approximate surface area is 81.1 Å². The van der Waals surface area contributed by atoms with Crippen molar-refractivity contribution in [3.63, 3.8) is 0 Å². The number of carboxylic acid groups (broad SMARTS) is 1. The van der Waals surface area contributed by atoms with Gasteiger partial charge in [0, 0.05) is 0 Å². The van der Waals surface area contributed by atoms with Crippen LogP contribution in [-0.2, 0) is 4.79 Å². The molecule has 0 fully saturated rings. The number of carbonyl (C=O) groups excluding carboxylic acids is 1. The van der Waals surface area contributed by atoms with Crippen molar-refractivity contribution in [2.45, 2.75) is 6.92 Å². The Balaban J connectivity index is 2.64. The molecule has 0 bridgehead atoms. The maximum absolute atomic E-state index is 10.6. The highest BCUT2D eigenvalue weighted by Crippen LogP contribution is 2.11. The fourth-order valence-electron chi connectivity index (χ4n) is 0.879. The molecule has 0 aliphatic heterocycles. The zero-order valence-corrected chi connectivity index (χ0v) is 7.69. The molecule has 0 spiro atoms. The molecule has 0 atom stereocenters. The first-order chi connectivity index (χ1) is 6.59. The lowest BCUT2D eigenvalue weighted by molar-refractivity contribution is -0.118. The number of carbonyl (C=O) groups is 2. The van der Waals surface area contributed by atoms with Crippen molar-refractivity contribution >= 4 is 11.8 Å². The van der Waals surface area contributed by atoms with Crippen molar-refractivity contribution in [3.05, 3.63) is 29.8 Å². The molecule has 4 nitrogen and oxygen atoms in total. The predicted octanol–water partition coefficient (Wildman–Crippen LogP) is 1.35. The number of ketones is 1. The van der Waals surface area contributed by atoms with Crippen molar-refractivity contribution in [3.8, 4) is 5.75 Å². The summed E-state index contributed by atoms with van der Waals surface area (Å²) in [6, 6.07) is 5.90.